The van der Waals surface area contributed by atoms with Crippen LogP contribution >= 0.6 is 0 Å². The van der Waals surface area contributed by atoms with Crippen molar-refractivity contribution in [3.8, 4) is 5.75 Å². The first kappa shape index (κ1) is 13.1. The number of carbonyl (C=O) groups excluding carboxylic acids is 1. The van der Waals surface area contributed by atoms with E-state index in [-0.39, 0.29) is 5.75 Å². The molecule has 0 unspecified atom stereocenters. The monoisotopic (exact) mass is 245 g/mol. The molecule has 0 radical (unpaired) electrons. The number of nitrogens with one attached hydrogen (secondary N) is 1. The van der Waals surface area contributed by atoms with Gasteiger partial charge in [-0.15, -0.1) is 0 Å². The van der Waals surface area contributed by atoms with Crippen LogP contribution in [0.15, 0.2) is 36.9 Å². The molecule has 0 atom stereocenters. The number of halogens is 3. The van der Waals surface area contributed by atoms with E-state index in [1.165, 1.54) is 24.3 Å². The number of rotatable bonds is 4. The molecule has 0 saturated heterocycles. The summed E-state index contributed by atoms with van der Waals surface area (Å²) < 4.78 is 40.0. The lowest BCUT2D eigenvalue weighted by molar-refractivity contribution is -0.153. The molecule has 0 saturated carbocycles. The van der Waals surface area contributed by atoms with Crippen LogP contribution in [0.25, 0.3) is 0 Å². The Morgan fingerprint density at radius 2 is 1.94 bits per heavy atom. The maximum absolute atomic E-state index is 11.8. The van der Waals surface area contributed by atoms with Crippen molar-refractivity contribution in [2.75, 3.05) is 11.9 Å². The third-order valence-corrected chi connectivity index (χ3v) is 1.71. The fraction of sp³-hybridized carbons (Fsp3) is 0.182. The molecule has 0 aromatic heterocycles. The molecule has 1 rings (SSSR count). The van der Waals surface area contributed by atoms with Crippen LogP contribution in [0, 0.1) is 0 Å². The molecule has 17 heavy (non-hydrogen) atoms. The molecule has 0 spiro atoms. The second-order valence-electron chi connectivity index (χ2n) is 3.12. The van der Waals surface area contributed by atoms with Crippen molar-refractivity contribution in [3.63, 3.8) is 0 Å². The maximum atomic E-state index is 11.8. The minimum Gasteiger partial charge on any atom is -0.484 e. The number of ether oxygens (including phenoxy) is 1. The van der Waals surface area contributed by atoms with Crippen molar-refractivity contribution < 1.29 is 22.7 Å². The van der Waals surface area contributed by atoms with Gasteiger partial charge in [0, 0.05) is 5.69 Å². The van der Waals surface area contributed by atoms with Gasteiger partial charge in [0.2, 0.25) is 5.91 Å². The molecule has 0 aliphatic carbocycles. The van der Waals surface area contributed by atoms with Gasteiger partial charge in [-0.1, -0.05) is 6.58 Å². The molecule has 92 valence electrons. The van der Waals surface area contributed by atoms with E-state index in [0.29, 0.717) is 5.69 Å². The van der Waals surface area contributed by atoms with Gasteiger partial charge in [0.15, 0.2) is 6.61 Å². The number of hydrogen-bond acceptors (Lipinski definition) is 2. The number of hydrogen-bond donors (Lipinski definition) is 1. The molecule has 3 nitrogen and oxygen atoms in total. The highest BCUT2D eigenvalue weighted by Crippen LogP contribution is 2.20. The van der Waals surface area contributed by atoms with Gasteiger partial charge in [0.05, 0.1) is 0 Å². The van der Waals surface area contributed by atoms with E-state index in [1.807, 2.05) is 0 Å². The van der Waals surface area contributed by atoms with Crippen molar-refractivity contribution in [2.24, 2.45) is 0 Å². The second-order valence-corrected chi connectivity index (χ2v) is 3.12. The van der Waals surface area contributed by atoms with Gasteiger partial charge in [-0.25, -0.2) is 0 Å². The minimum absolute atomic E-state index is 0.0823. The number of benzene rings is 1. The van der Waals surface area contributed by atoms with Gasteiger partial charge >= 0.3 is 6.18 Å². The SMILES string of the molecule is C=CC(=O)Nc1ccc(OCC(F)(F)F)cc1. The summed E-state index contributed by atoms with van der Waals surface area (Å²) in [5.41, 5.74) is 0.453. The van der Waals surface area contributed by atoms with Crippen molar-refractivity contribution >= 4 is 11.6 Å². The van der Waals surface area contributed by atoms with Crippen LogP contribution in [0.5, 0.6) is 5.75 Å². The predicted octanol–water partition coefficient (Wildman–Crippen LogP) is 2.75. The lowest BCUT2D eigenvalue weighted by Gasteiger charge is -2.09. The lowest BCUT2D eigenvalue weighted by Crippen LogP contribution is -2.19. The third-order valence-electron chi connectivity index (χ3n) is 1.71. The Labute approximate surface area is 95.9 Å². The zero-order valence-electron chi connectivity index (χ0n) is 8.75. The molecule has 6 heteroatoms. The predicted molar refractivity (Wildman–Crippen MR) is 56.8 cm³/mol. The summed E-state index contributed by atoms with van der Waals surface area (Å²) in [7, 11) is 0. The van der Waals surface area contributed by atoms with E-state index in [1.54, 1.807) is 0 Å². The zero-order valence-corrected chi connectivity index (χ0v) is 8.75. The fourth-order valence-corrected chi connectivity index (χ4v) is 0.993. The molecular formula is C11H10F3NO2. The average Bonchev–Trinajstić information content (AvgIpc) is 2.27. The van der Waals surface area contributed by atoms with Gasteiger partial charge in [0.1, 0.15) is 5.75 Å². The molecule has 0 bridgehead atoms. The summed E-state index contributed by atoms with van der Waals surface area (Å²) in [6.45, 7) is 1.93. The number of amides is 1. The highest BCUT2D eigenvalue weighted by atomic mass is 19.4. The smallest absolute Gasteiger partial charge is 0.422 e. The van der Waals surface area contributed by atoms with E-state index in [0.717, 1.165) is 6.08 Å². The zero-order chi connectivity index (χ0) is 12.9. The van der Waals surface area contributed by atoms with Gasteiger partial charge in [-0.3, -0.25) is 4.79 Å². The highest BCUT2D eigenvalue weighted by molar-refractivity contribution is 5.98. The Balaban J connectivity index is 2.56. The van der Waals surface area contributed by atoms with E-state index >= 15 is 0 Å². The van der Waals surface area contributed by atoms with Crippen LogP contribution in [0.2, 0.25) is 0 Å². The average molecular weight is 245 g/mol. The van der Waals surface area contributed by atoms with Crippen LogP contribution < -0.4 is 10.1 Å². The quantitative estimate of drug-likeness (QED) is 0.828. The number of alkyl halides is 3. The molecule has 1 aromatic carbocycles. The first-order valence-electron chi connectivity index (χ1n) is 4.64. The summed E-state index contributed by atoms with van der Waals surface area (Å²) in [6, 6.07) is 5.55. The Morgan fingerprint density at radius 1 is 1.35 bits per heavy atom. The molecule has 0 aliphatic rings. The Morgan fingerprint density at radius 3 is 2.41 bits per heavy atom. The van der Waals surface area contributed by atoms with Gasteiger partial charge in [-0.05, 0) is 30.3 Å². The molecular weight excluding hydrogens is 235 g/mol. The fourth-order valence-electron chi connectivity index (χ4n) is 0.993. The summed E-state index contributed by atoms with van der Waals surface area (Å²) in [5, 5.41) is 2.46. The van der Waals surface area contributed by atoms with Crippen LogP contribution in [0.4, 0.5) is 18.9 Å². The van der Waals surface area contributed by atoms with Crippen molar-refractivity contribution in [3.05, 3.63) is 36.9 Å². The first-order valence-corrected chi connectivity index (χ1v) is 4.64. The molecule has 1 aromatic rings. The summed E-state index contributed by atoms with van der Waals surface area (Å²) in [4.78, 5) is 10.9. The topological polar surface area (TPSA) is 38.3 Å². The Kier molecular flexibility index (Phi) is 4.14. The second kappa shape index (κ2) is 5.38. The van der Waals surface area contributed by atoms with Crippen LogP contribution in [-0.2, 0) is 4.79 Å². The summed E-state index contributed by atoms with van der Waals surface area (Å²) in [6.07, 6.45) is -3.27. The van der Waals surface area contributed by atoms with Crippen LogP contribution in [-0.4, -0.2) is 18.7 Å². The van der Waals surface area contributed by atoms with Crippen molar-refractivity contribution in [1.82, 2.24) is 0 Å². The summed E-state index contributed by atoms with van der Waals surface area (Å²) >= 11 is 0. The van der Waals surface area contributed by atoms with Crippen LogP contribution in [0.1, 0.15) is 0 Å². The number of carbonyl (C=O) groups is 1. The third kappa shape index (κ3) is 5.05. The molecule has 1 N–H and O–H groups in total. The number of anilines is 1. The normalized spacial score (nSPS) is 10.8. The van der Waals surface area contributed by atoms with Crippen molar-refractivity contribution in [2.45, 2.75) is 6.18 Å². The Hall–Kier alpha value is -1.98. The molecule has 0 fully saturated rings. The van der Waals surface area contributed by atoms with Gasteiger partial charge in [0.25, 0.3) is 0 Å². The lowest BCUT2D eigenvalue weighted by atomic mass is 10.3. The standard InChI is InChI=1S/C11H10F3NO2/c1-2-10(16)15-8-3-5-9(6-4-8)17-7-11(12,13)14/h2-6H,1,7H2,(H,15,16). The van der Waals surface area contributed by atoms with E-state index in [2.05, 4.69) is 16.6 Å². The van der Waals surface area contributed by atoms with Gasteiger partial charge < -0.3 is 10.1 Å². The molecule has 0 heterocycles. The first-order chi connectivity index (χ1) is 7.90. The van der Waals surface area contributed by atoms with E-state index in [9.17, 15) is 18.0 Å². The molecule has 1 amide bonds. The highest BCUT2D eigenvalue weighted by Gasteiger charge is 2.28. The minimum atomic E-state index is -4.37. The Bertz CT molecular complexity index is 398. The maximum Gasteiger partial charge on any atom is 0.422 e. The van der Waals surface area contributed by atoms with Crippen LogP contribution in [0.3, 0.4) is 0 Å². The van der Waals surface area contributed by atoms with E-state index in [4.69, 9.17) is 0 Å². The van der Waals surface area contributed by atoms with E-state index < -0.39 is 18.7 Å². The largest absolute Gasteiger partial charge is 0.484 e. The molecule has 0 aliphatic heterocycles. The van der Waals surface area contributed by atoms with Gasteiger partial charge in [-0.2, -0.15) is 13.2 Å². The summed E-state index contributed by atoms with van der Waals surface area (Å²) in [5.74, 6) is -0.312. The van der Waals surface area contributed by atoms with Crippen molar-refractivity contribution in [1.29, 1.82) is 0 Å².